The van der Waals surface area contributed by atoms with Crippen molar-refractivity contribution in [1.82, 2.24) is 29.3 Å². The molecule has 0 aliphatic carbocycles. The maximum absolute atomic E-state index is 12.8. The fraction of sp³-hybridized carbons (Fsp3) is 0.333. The van der Waals surface area contributed by atoms with Gasteiger partial charge >= 0.3 is 0 Å². The molecule has 0 spiro atoms. The van der Waals surface area contributed by atoms with Crippen LogP contribution in [0.5, 0.6) is 0 Å². The van der Waals surface area contributed by atoms with Crippen molar-refractivity contribution in [3.8, 4) is 11.4 Å². The Morgan fingerprint density at radius 3 is 2.52 bits per heavy atom. The Balaban J connectivity index is 1.55. The number of nitrogens with one attached hydrogen (secondary N) is 1. The second-order valence-electron chi connectivity index (χ2n) is 7.87. The predicted octanol–water partition coefficient (Wildman–Crippen LogP) is 1.90. The lowest BCUT2D eigenvalue weighted by molar-refractivity contribution is 0.407. The minimum absolute atomic E-state index is 0.119. The molecule has 8 nitrogen and oxygen atoms in total. The molecule has 1 N–H and O–H groups in total. The first-order valence-corrected chi connectivity index (χ1v) is 9.84. The number of hydrogen-bond donors (Lipinski definition) is 1. The van der Waals surface area contributed by atoms with Gasteiger partial charge in [0.2, 0.25) is 0 Å². The van der Waals surface area contributed by atoms with E-state index in [1.165, 1.54) is 6.07 Å². The van der Waals surface area contributed by atoms with Crippen molar-refractivity contribution in [1.29, 1.82) is 0 Å². The van der Waals surface area contributed by atoms with E-state index in [1.54, 1.807) is 8.92 Å². The Hall–Kier alpha value is -3.26. The first-order valence-electron chi connectivity index (χ1n) is 9.84. The molecule has 0 aromatic carbocycles. The standard InChI is InChI=1S/C21H23N7O/c1-13-9-26(10-14(2)22-13)16-4-6-19-24-18(8-21(29)27(19)12-16)17-5-7-20-23-15(3)11-28(20)25-17/h4-8,11-14,22H,9-10H2,1-3H3/t13-,14?/m0/s1. The van der Waals surface area contributed by atoms with Crippen LogP contribution in [-0.4, -0.2) is 49.2 Å². The molecule has 148 valence electrons. The van der Waals surface area contributed by atoms with E-state index in [4.69, 9.17) is 0 Å². The fourth-order valence-corrected chi connectivity index (χ4v) is 4.08. The van der Waals surface area contributed by atoms with E-state index >= 15 is 0 Å². The van der Waals surface area contributed by atoms with Crippen LogP contribution in [0, 0.1) is 6.92 Å². The summed E-state index contributed by atoms with van der Waals surface area (Å²) in [7, 11) is 0. The van der Waals surface area contributed by atoms with Gasteiger partial charge in [0, 0.05) is 37.4 Å². The largest absolute Gasteiger partial charge is 0.367 e. The van der Waals surface area contributed by atoms with Crippen LogP contribution in [0.1, 0.15) is 19.5 Å². The van der Waals surface area contributed by atoms with Crippen LogP contribution in [0.2, 0.25) is 0 Å². The van der Waals surface area contributed by atoms with Gasteiger partial charge in [-0.2, -0.15) is 5.10 Å². The highest BCUT2D eigenvalue weighted by molar-refractivity contribution is 5.60. The second kappa shape index (κ2) is 6.66. The maximum atomic E-state index is 12.8. The minimum atomic E-state index is -0.119. The SMILES string of the molecule is Cc1cn2nc(-c3cc(=O)n4cc(N5CC(C)N[C@@H](C)C5)ccc4n3)ccc2n1. The van der Waals surface area contributed by atoms with Gasteiger partial charge in [-0.05, 0) is 45.0 Å². The summed E-state index contributed by atoms with van der Waals surface area (Å²) in [5.41, 5.74) is 4.38. The van der Waals surface area contributed by atoms with E-state index in [1.807, 2.05) is 43.6 Å². The van der Waals surface area contributed by atoms with Crippen LogP contribution >= 0.6 is 0 Å². The zero-order valence-corrected chi connectivity index (χ0v) is 16.7. The van der Waals surface area contributed by atoms with Crippen LogP contribution in [0.4, 0.5) is 5.69 Å². The van der Waals surface area contributed by atoms with Crippen molar-refractivity contribution in [2.45, 2.75) is 32.9 Å². The molecule has 4 aromatic heterocycles. The molecule has 0 amide bonds. The maximum Gasteiger partial charge on any atom is 0.258 e. The molecule has 8 heteroatoms. The van der Waals surface area contributed by atoms with Crippen molar-refractivity contribution in [3.63, 3.8) is 0 Å². The molecule has 1 saturated heterocycles. The van der Waals surface area contributed by atoms with Crippen LogP contribution < -0.4 is 15.8 Å². The van der Waals surface area contributed by atoms with Gasteiger partial charge in [-0.1, -0.05) is 0 Å². The third kappa shape index (κ3) is 3.25. The molecule has 5 rings (SSSR count). The predicted molar refractivity (Wildman–Crippen MR) is 112 cm³/mol. The molecule has 1 aliphatic rings. The molecule has 0 saturated carbocycles. The molecule has 0 bridgehead atoms. The Bertz CT molecular complexity index is 1270. The van der Waals surface area contributed by atoms with Crippen LogP contribution in [0.25, 0.3) is 22.7 Å². The molecule has 29 heavy (non-hydrogen) atoms. The summed E-state index contributed by atoms with van der Waals surface area (Å²) < 4.78 is 3.32. The van der Waals surface area contributed by atoms with E-state index in [0.29, 0.717) is 29.1 Å². The Morgan fingerprint density at radius 1 is 0.966 bits per heavy atom. The van der Waals surface area contributed by atoms with Crippen LogP contribution in [-0.2, 0) is 0 Å². The molecule has 2 atom stereocenters. The average Bonchev–Trinajstić information content (AvgIpc) is 3.06. The Labute approximate surface area is 167 Å². The van der Waals surface area contributed by atoms with Gasteiger partial charge in [0.15, 0.2) is 5.65 Å². The number of aromatic nitrogens is 5. The summed E-state index contributed by atoms with van der Waals surface area (Å²) in [5.74, 6) is 0. The fourth-order valence-electron chi connectivity index (χ4n) is 4.08. The monoisotopic (exact) mass is 389 g/mol. The summed E-state index contributed by atoms with van der Waals surface area (Å²) in [6.45, 7) is 8.09. The minimum Gasteiger partial charge on any atom is -0.367 e. The summed E-state index contributed by atoms with van der Waals surface area (Å²) in [6.07, 6.45) is 3.74. The molecule has 4 aromatic rings. The van der Waals surface area contributed by atoms with Gasteiger partial charge in [-0.15, -0.1) is 0 Å². The smallest absolute Gasteiger partial charge is 0.258 e. The van der Waals surface area contributed by atoms with E-state index in [9.17, 15) is 4.79 Å². The lowest BCUT2D eigenvalue weighted by Crippen LogP contribution is -2.54. The van der Waals surface area contributed by atoms with Crippen LogP contribution in [0.3, 0.4) is 0 Å². The highest BCUT2D eigenvalue weighted by Gasteiger charge is 2.21. The number of aryl methyl sites for hydroxylation is 1. The Kier molecular flexibility index (Phi) is 4.09. The van der Waals surface area contributed by atoms with Crippen molar-refractivity contribution in [2.75, 3.05) is 18.0 Å². The number of anilines is 1. The topological polar surface area (TPSA) is 79.8 Å². The third-order valence-electron chi connectivity index (χ3n) is 5.27. The molecule has 0 radical (unpaired) electrons. The summed E-state index contributed by atoms with van der Waals surface area (Å²) in [5, 5.41) is 8.08. The van der Waals surface area contributed by atoms with Gasteiger partial charge in [0.1, 0.15) is 11.3 Å². The molecular weight excluding hydrogens is 366 g/mol. The normalized spacial score (nSPS) is 19.9. The average molecular weight is 389 g/mol. The van der Waals surface area contributed by atoms with Crippen molar-refractivity contribution in [3.05, 3.63) is 58.8 Å². The van der Waals surface area contributed by atoms with E-state index < -0.39 is 0 Å². The zero-order valence-electron chi connectivity index (χ0n) is 16.7. The number of piperazine rings is 1. The van der Waals surface area contributed by atoms with E-state index in [0.717, 1.165) is 30.1 Å². The van der Waals surface area contributed by atoms with Gasteiger partial charge < -0.3 is 10.2 Å². The van der Waals surface area contributed by atoms with Crippen molar-refractivity contribution >= 4 is 17.0 Å². The van der Waals surface area contributed by atoms with Crippen LogP contribution in [0.15, 0.2) is 47.5 Å². The molecule has 1 fully saturated rings. The lowest BCUT2D eigenvalue weighted by Gasteiger charge is -2.37. The molecule has 5 heterocycles. The molecular formula is C21H23N7O. The molecule has 1 aliphatic heterocycles. The zero-order chi connectivity index (χ0) is 20.1. The van der Waals surface area contributed by atoms with Gasteiger partial charge in [-0.3, -0.25) is 9.20 Å². The number of hydrogen-bond acceptors (Lipinski definition) is 6. The lowest BCUT2D eigenvalue weighted by atomic mass is 10.1. The van der Waals surface area contributed by atoms with Gasteiger partial charge in [0.05, 0.1) is 23.3 Å². The van der Waals surface area contributed by atoms with Crippen molar-refractivity contribution < 1.29 is 0 Å². The number of fused-ring (bicyclic) bond motifs is 2. The summed E-state index contributed by atoms with van der Waals surface area (Å²) in [4.78, 5) is 24.2. The number of nitrogens with zero attached hydrogens (tertiary/aromatic N) is 6. The van der Waals surface area contributed by atoms with E-state index in [-0.39, 0.29) is 5.56 Å². The quantitative estimate of drug-likeness (QED) is 0.564. The third-order valence-corrected chi connectivity index (χ3v) is 5.27. The first-order chi connectivity index (χ1) is 14.0. The number of imidazole rings is 1. The molecule has 1 unspecified atom stereocenters. The highest BCUT2D eigenvalue weighted by atomic mass is 16.1. The first kappa shape index (κ1) is 17.8. The van der Waals surface area contributed by atoms with Gasteiger partial charge in [0.25, 0.3) is 5.56 Å². The summed E-state index contributed by atoms with van der Waals surface area (Å²) in [6, 6.07) is 10.0. The highest BCUT2D eigenvalue weighted by Crippen LogP contribution is 2.20. The van der Waals surface area contributed by atoms with Gasteiger partial charge in [-0.25, -0.2) is 14.5 Å². The summed E-state index contributed by atoms with van der Waals surface area (Å²) >= 11 is 0. The number of rotatable bonds is 2. The second-order valence-corrected chi connectivity index (χ2v) is 7.87. The van der Waals surface area contributed by atoms with E-state index in [2.05, 4.69) is 39.1 Å². The Morgan fingerprint density at radius 2 is 1.72 bits per heavy atom. The number of pyridine rings is 1. The van der Waals surface area contributed by atoms with Crippen molar-refractivity contribution in [2.24, 2.45) is 0 Å².